The van der Waals surface area contributed by atoms with E-state index in [2.05, 4.69) is 46.7 Å². The minimum atomic E-state index is -0.775. The van der Waals surface area contributed by atoms with E-state index in [1.54, 1.807) is 0 Å². The van der Waals surface area contributed by atoms with Crippen molar-refractivity contribution in [1.29, 1.82) is 0 Å². The highest BCUT2D eigenvalue weighted by molar-refractivity contribution is 7.99. The summed E-state index contributed by atoms with van der Waals surface area (Å²) in [7, 11) is 0. The first-order valence-corrected chi connectivity index (χ1v) is 11.3. The highest BCUT2D eigenvalue weighted by Crippen LogP contribution is 2.44. The summed E-state index contributed by atoms with van der Waals surface area (Å²) in [5.74, 6) is 1.37. The van der Waals surface area contributed by atoms with E-state index in [9.17, 15) is 4.79 Å². The molecule has 6 nitrogen and oxygen atoms in total. The number of nitrogens with zero attached hydrogens (tertiary/aromatic N) is 2. The van der Waals surface area contributed by atoms with Crippen molar-refractivity contribution in [3.8, 4) is 0 Å². The Hall–Kier alpha value is -2.64. The molecule has 0 bridgehead atoms. The average Bonchev–Trinajstić information content (AvgIpc) is 3.48. The van der Waals surface area contributed by atoms with E-state index >= 15 is 0 Å². The number of thioether (sulfide) groups is 1. The first kappa shape index (κ1) is 19.3. The molecule has 0 amide bonds. The van der Waals surface area contributed by atoms with Crippen LogP contribution in [0.15, 0.2) is 41.6 Å². The first-order valence-electron chi connectivity index (χ1n) is 10.3. The summed E-state index contributed by atoms with van der Waals surface area (Å²) >= 11 is 1.49. The third-order valence-corrected chi connectivity index (χ3v) is 6.49. The standard InChI is InChI=1S/C23H23N3O3S/c27-21(28)6-3-11-30-23-25-20-13-29-12-18(20)22(26-23)24-19-10-9-15(14-7-8-14)16-4-1-2-5-17(16)19/h1-2,4-5,9-10,14H,3,6-8,11-13H2,(H,27,28)(H,24,25,26). The molecule has 2 aliphatic rings. The highest BCUT2D eigenvalue weighted by Gasteiger charge is 2.26. The van der Waals surface area contributed by atoms with Crippen LogP contribution in [0.2, 0.25) is 0 Å². The molecule has 1 fully saturated rings. The number of hydrogen-bond donors (Lipinski definition) is 2. The van der Waals surface area contributed by atoms with E-state index in [4.69, 9.17) is 14.8 Å². The van der Waals surface area contributed by atoms with Gasteiger partial charge in [-0.15, -0.1) is 0 Å². The van der Waals surface area contributed by atoms with Gasteiger partial charge in [-0.1, -0.05) is 42.1 Å². The zero-order chi connectivity index (χ0) is 20.5. The molecule has 0 spiro atoms. The van der Waals surface area contributed by atoms with Gasteiger partial charge in [0.25, 0.3) is 0 Å². The molecule has 154 valence electrons. The van der Waals surface area contributed by atoms with Gasteiger partial charge in [0.05, 0.1) is 18.9 Å². The van der Waals surface area contributed by atoms with Crippen molar-refractivity contribution >= 4 is 40.0 Å². The highest BCUT2D eigenvalue weighted by atomic mass is 32.2. The lowest BCUT2D eigenvalue weighted by atomic mass is 9.99. The van der Waals surface area contributed by atoms with E-state index in [1.165, 1.54) is 40.9 Å². The molecular formula is C23H23N3O3S. The zero-order valence-electron chi connectivity index (χ0n) is 16.6. The number of carboxylic acids is 1. The molecule has 1 aliphatic heterocycles. The number of hydrogen-bond acceptors (Lipinski definition) is 6. The van der Waals surface area contributed by atoms with Gasteiger partial charge < -0.3 is 15.2 Å². The lowest BCUT2D eigenvalue weighted by Gasteiger charge is -2.15. The van der Waals surface area contributed by atoms with Gasteiger partial charge in [0.15, 0.2) is 5.16 Å². The van der Waals surface area contributed by atoms with Gasteiger partial charge in [-0.2, -0.15) is 0 Å². The molecule has 1 aliphatic carbocycles. The number of ether oxygens (including phenoxy) is 1. The van der Waals surface area contributed by atoms with Crippen LogP contribution >= 0.6 is 11.8 Å². The maximum atomic E-state index is 10.7. The van der Waals surface area contributed by atoms with E-state index in [-0.39, 0.29) is 6.42 Å². The van der Waals surface area contributed by atoms with Gasteiger partial charge in [0.2, 0.25) is 0 Å². The van der Waals surface area contributed by atoms with E-state index in [0.717, 1.165) is 22.8 Å². The monoisotopic (exact) mass is 421 g/mol. The third kappa shape index (κ3) is 4.00. The molecule has 30 heavy (non-hydrogen) atoms. The van der Waals surface area contributed by atoms with Crippen LogP contribution in [-0.4, -0.2) is 26.8 Å². The maximum absolute atomic E-state index is 10.7. The number of benzene rings is 2. The number of rotatable bonds is 8. The molecule has 0 radical (unpaired) electrons. The molecule has 2 aromatic carbocycles. The normalized spacial score (nSPS) is 15.3. The first-order chi connectivity index (χ1) is 14.7. The van der Waals surface area contributed by atoms with E-state index in [0.29, 0.717) is 36.5 Å². The number of carbonyl (C=O) groups is 1. The van der Waals surface area contributed by atoms with Crippen molar-refractivity contribution in [3.05, 3.63) is 53.2 Å². The van der Waals surface area contributed by atoms with Gasteiger partial charge in [-0.05, 0) is 42.2 Å². The van der Waals surface area contributed by atoms with Gasteiger partial charge in [-0.25, -0.2) is 9.97 Å². The fourth-order valence-electron chi connectivity index (χ4n) is 3.89. The number of aliphatic carboxylic acids is 1. The van der Waals surface area contributed by atoms with E-state index in [1.807, 2.05) is 0 Å². The molecular weight excluding hydrogens is 398 g/mol. The van der Waals surface area contributed by atoms with Crippen molar-refractivity contribution in [3.63, 3.8) is 0 Å². The number of nitrogens with one attached hydrogen (secondary N) is 1. The second-order valence-electron chi connectivity index (χ2n) is 7.77. The van der Waals surface area contributed by atoms with Crippen molar-refractivity contribution in [2.75, 3.05) is 11.1 Å². The second-order valence-corrected chi connectivity index (χ2v) is 8.83. The van der Waals surface area contributed by atoms with Crippen LogP contribution in [0.5, 0.6) is 0 Å². The Kier molecular flexibility index (Phi) is 5.31. The number of aromatic nitrogens is 2. The van der Waals surface area contributed by atoms with Gasteiger partial charge in [0.1, 0.15) is 5.82 Å². The molecule has 0 unspecified atom stereocenters. The molecule has 0 atom stereocenters. The van der Waals surface area contributed by atoms with Crippen molar-refractivity contribution in [1.82, 2.24) is 9.97 Å². The predicted octanol–water partition coefficient (Wildman–Crippen LogP) is 5.24. The Balaban J connectivity index is 1.44. The van der Waals surface area contributed by atoms with Crippen molar-refractivity contribution in [2.45, 2.75) is 50.0 Å². The Morgan fingerprint density at radius 2 is 1.97 bits per heavy atom. The summed E-state index contributed by atoms with van der Waals surface area (Å²) in [6, 6.07) is 12.9. The maximum Gasteiger partial charge on any atom is 0.303 e. The number of anilines is 2. The molecule has 5 rings (SSSR count). The molecule has 7 heteroatoms. The van der Waals surface area contributed by atoms with Crippen LogP contribution in [0.1, 0.15) is 48.4 Å². The largest absolute Gasteiger partial charge is 0.481 e. The Bertz CT molecular complexity index is 1110. The zero-order valence-corrected chi connectivity index (χ0v) is 17.4. The van der Waals surface area contributed by atoms with Gasteiger partial charge >= 0.3 is 5.97 Å². The molecule has 1 saturated carbocycles. The summed E-state index contributed by atoms with van der Waals surface area (Å²) in [6.07, 6.45) is 3.30. The molecule has 3 aromatic rings. The lowest BCUT2D eigenvalue weighted by Crippen LogP contribution is -2.04. The van der Waals surface area contributed by atoms with Crippen LogP contribution in [-0.2, 0) is 22.7 Å². The van der Waals surface area contributed by atoms with Crippen molar-refractivity contribution in [2.24, 2.45) is 0 Å². The van der Waals surface area contributed by atoms with Crippen LogP contribution in [0.25, 0.3) is 10.8 Å². The molecule has 1 aromatic heterocycles. The molecule has 0 saturated heterocycles. The van der Waals surface area contributed by atoms with Crippen molar-refractivity contribution < 1.29 is 14.6 Å². The summed E-state index contributed by atoms with van der Waals surface area (Å²) in [5, 5.41) is 15.5. The van der Waals surface area contributed by atoms with Gasteiger partial charge in [0, 0.05) is 28.8 Å². The van der Waals surface area contributed by atoms with Crippen LogP contribution in [0.3, 0.4) is 0 Å². The summed E-state index contributed by atoms with van der Waals surface area (Å²) in [5.41, 5.74) is 4.37. The summed E-state index contributed by atoms with van der Waals surface area (Å²) in [6.45, 7) is 0.982. The molecule has 2 heterocycles. The topological polar surface area (TPSA) is 84.3 Å². The summed E-state index contributed by atoms with van der Waals surface area (Å²) in [4.78, 5) is 20.1. The Labute approximate surface area is 179 Å². The van der Waals surface area contributed by atoms with Crippen LogP contribution < -0.4 is 5.32 Å². The number of carboxylic acid groups (broad SMARTS) is 1. The fourth-order valence-corrected chi connectivity index (χ4v) is 4.69. The van der Waals surface area contributed by atoms with E-state index < -0.39 is 5.97 Å². The third-order valence-electron chi connectivity index (χ3n) is 5.55. The Morgan fingerprint density at radius 3 is 2.77 bits per heavy atom. The number of fused-ring (bicyclic) bond motifs is 2. The van der Waals surface area contributed by atoms with Crippen LogP contribution in [0.4, 0.5) is 11.5 Å². The minimum absolute atomic E-state index is 0.158. The summed E-state index contributed by atoms with van der Waals surface area (Å²) < 4.78 is 5.62. The van der Waals surface area contributed by atoms with Gasteiger partial charge in [-0.3, -0.25) is 4.79 Å². The predicted molar refractivity (Wildman–Crippen MR) is 117 cm³/mol. The smallest absolute Gasteiger partial charge is 0.303 e. The minimum Gasteiger partial charge on any atom is -0.481 e. The SMILES string of the molecule is O=C(O)CCCSc1nc2c(c(Nc3ccc(C4CC4)c4ccccc34)n1)COC2. The second kappa shape index (κ2) is 8.24. The quantitative estimate of drug-likeness (QED) is 0.292. The molecule has 2 N–H and O–H groups in total. The fraction of sp³-hybridized carbons (Fsp3) is 0.348. The average molecular weight is 422 g/mol. The Morgan fingerprint density at radius 1 is 1.13 bits per heavy atom. The van der Waals surface area contributed by atoms with Crippen LogP contribution in [0, 0.1) is 0 Å². The lowest BCUT2D eigenvalue weighted by molar-refractivity contribution is -0.137.